The molecule has 10 aromatic rings. The number of nitrogens with zero attached hydrogens (tertiary/aromatic N) is 8. The number of azo groups is 4. The Morgan fingerprint density at radius 1 is 0.284 bits per heavy atom. The number of phenols is 2. The fourth-order valence-corrected chi connectivity index (χ4v) is 12.6. The summed E-state index contributed by atoms with van der Waals surface area (Å²) in [6.07, 6.45) is 0. The van der Waals surface area contributed by atoms with Crippen LogP contribution in [0.2, 0.25) is 0 Å². The molecule has 10 rings (SSSR count). The molecule has 10 aromatic carbocycles. The van der Waals surface area contributed by atoms with Gasteiger partial charge in [0.2, 0.25) is 0 Å². The average Bonchev–Trinajstić information content (AvgIpc) is 0.778. The number of nitrogen functional groups attached to an aromatic ring is 2. The number of nitrogens with one attached hydrogen (secondary N) is 1. The summed E-state index contributed by atoms with van der Waals surface area (Å²) in [5, 5.41) is 57.6. The van der Waals surface area contributed by atoms with Crippen LogP contribution in [-0.4, -0.2) is 88.0 Å². The molecule has 0 unspecified atom stereocenters. The van der Waals surface area contributed by atoms with E-state index in [2.05, 4.69) is 46.2 Å². The van der Waals surface area contributed by atoms with Crippen molar-refractivity contribution in [3.63, 3.8) is 0 Å². The van der Waals surface area contributed by atoms with E-state index >= 15 is 0 Å². The Hall–Kier alpha value is -3.90. The molecule has 456 valence electrons. The Bertz CT molecular complexity index is 5290. The summed E-state index contributed by atoms with van der Waals surface area (Å²) in [7, 11) is -30.0. The van der Waals surface area contributed by atoms with Gasteiger partial charge in [0.1, 0.15) is 42.3 Å². The number of fused-ring (bicyclic) bond motifs is 4. The van der Waals surface area contributed by atoms with Crippen molar-refractivity contribution in [2.75, 3.05) is 16.8 Å². The quantitative estimate of drug-likeness (QED) is 0.0186. The van der Waals surface area contributed by atoms with Crippen LogP contribution in [-0.2, 0) is 60.7 Å². The van der Waals surface area contributed by atoms with Gasteiger partial charge in [-0.05, 0) is 144 Å². The van der Waals surface area contributed by atoms with E-state index in [9.17, 15) is 88.0 Å². The number of hydrogen-bond acceptors (Lipinski definition) is 25. The second-order valence-electron chi connectivity index (χ2n) is 18.9. The molecule has 0 fully saturated rings. The number of hydrogen-bond donors (Lipinski definition) is 11. The summed E-state index contributed by atoms with van der Waals surface area (Å²) in [4.78, 5) is -4.65. The van der Waals surface area contributed by atoms with Crippen LogP contribution >= 0.6 is 0 Å². The van der Waals surface area contributed by atoms with E-state index in [-0.39, 0.29) is 277 Å². The van der Waals surface area contributed by atoms with Crippen LogP contribution < -0.4 is 194 Å². The maximum atomic E-state index is 12.9. The Morgan fingerprint density at radius 3 is 0.884 bits per heavy atom. The number of rotatable bonds is 16. The second-order valence-corrected chi connectivity index (χ2v) is 27.3. The van der Waals surface area contributed by atoms with E-state index in [1.807, 2.05) is 0 Å². The minimum atomic E-state index is -5.27. The first-order chi connectivity index (χ1) is 41.5. The number of nitrogens with two attached hydrogens (primary N) is 2. The number of aromatic hydroxyl groups is 2. The summed E-state index contributed by atoms with van der Waals surface area (Å²) >= 11 is 0. The van der Waals surface area contributed by atoms with Gasteiger partial charge in [-0.1, -0.05) is 12.1 Å². The molecular formula is C52H37N11Na6O20S6+6. The number of anilines is 4. The van der Waals surface area contributed by atoms with Gasteiger partial charge < -0.3 is 27.0 Å². The average molecular weight is 1470 g/mol. The molecule has 31 nitrogen and oxygen atoms in total. The van der Waals surface area contributed by atoms with Gasteiger partial charge in [-0.15, -0.1) is 40.9 Å². The molecule has 0 aliphatic heterocycles. The fourth-order valence-electron chi connectivity index (χ4n) is 8.94. The van der Waals surface area contributed by atoms with Crippen molar-refractivity contribution in [2.24, 2.45) is 40.9 Å². The standard InChI is InChI=1S/C52H37N11O20S6.6Na/c53-27-1-11-43(45(21-27)86(72,73)74)60-56-39-13-15-41(37-23-31(84(66,67)68)5-9-35(37)39)58-62-49-47(88(78,79)80)19-25-17-29(3-7-33(25)51(49)64)55-30-4-8-34-26(18-30)20-48(89(81,82)83)50(52(34)65)63-59-42-16-14-40(36-10-6-32(24-38(36)42)85(69,70)71)57-61-44-12-2-28(54)22-46(44)87(75,76)77;;;;;;/h1-24,55,64-65H,53-54H2,(H,66,67,68)(H,69,70,71)(H,72,73,74)(H,75,76,77)(H,78,79,80)(H,81,82,83);;;;;;/q;6*+1. The van der Waals surface area contributed by atoms with E-state index in [0.29, 0.717) is 0 Å². The van der Waals surface area contributed by atoms with Crippen LogP contribution in [0.1, 0.15) is 0 Å². The van der Waals surface area contributed by atoms with Crippen molar-refractivity contribution >= 4 is 172 Å². The van der Waals surface area contributed by atoms with Gasteiger partial charge in [0.15, 0.2) is 11.5 Å². The third kappa shape index (κ3) is 19.0. The fraction of sp³-hybridized carbons (Fsp3) is 0. The Morgan fingerprint density at radius 2 is 0.568 bits per heavy atom. The first-order valence-electron chi connectivity index (χ1n) is 24.3. The van der Waals surface area contributed by atoms with Crippen LogP contribution in [0.15, 0.2) is 216 Å². The SMILES string of the molecule is Nc1ccc(N=Nc2ccc(N=Nc3c(S(=O)(=O)O)cc4cc(Nc5ccc6c(O)c(N=Nc7ccc(N=Nc8ccc(N)cc8S(=O)(=O)O)c8ccc(S(=O)(=O)O)cc78)c(S(=O)(=O)O)cc6c5)ccc4c3O)c3cc(S(=O)(=O)O)ccc23)c(S(=O)(=O)O)c1.[Na+].[Na+].[Na+].[Na+].[Na+].[Na+]. The number of phenolic OH excluding ortho intramolecular Hbond substituents is 2. The van der Waals surface area contributed by atoms with E-state index < -0.39 is 113 Å². The van der Waals surface area contributed by atoms with Gasteiger partial charge in [-0.3, -0.25) is 27.3 Å². The third-order valence-electron chi connectivity index (χ3n) is 13.0. The van der Waals surface area contributed by atoms with Crippen LogP contribution in [0.3, 0.4) is 0 Å². The molecule has 13 N–H and O–H groups in total. The molecule has 0 heterocycles. The molecule has 0 bridgehead atoms. The predicted octanol–water partition coefficient (Wildman–Crippen LogP) is -6.22. The van der Waals surface area contributed by atoms with Gasteiger partial charge >= 0.3 is 177 Å². The van der Waals surface area contributed by atoms with Crippen molar-refractivity contribution in [1.82, 2.24) is 0 Å². The van der Waals surface area contributed by atoms with Crippen LogP contribution in [0, 0.1) is 0 Å². The summed E-state index contributed by atoms with van der Waals surface area (Å²) < 4.78 is 209. The first kappa shape index (κ1) is 83.5. The summed E-state index contributed by atoms with van der Waals surface area (Å²) in [5.41, 5.74) is 8.73. The van der Waals surface area contributed by atoms with Crippen LogP contribution in [0.4, 0.5) is 68.2 Å². The van der Waals surface area contributed by atoms with Crippen LogP contribution in [0.5, 0.6) is 11.5 Å². The molecule has 0 saturated carbocycles. The van der Waals surface area contributed by atoms with E-state index in [4.69, 9.17) is 11.5 Å². The second kappa shape index (κ2) is 32.2. The largest absolute Gasteiger partial charge is 1.00 e. The molecule has 0 aromatic heterocycles. The van der Waals surface area contributed by atoms with E-state index in [0.717, 1.165) is 60.7 Å². The molecule has 0 saturated heterocycles. The molecule has 0 aliphatic rings. The predicted molar refractivity (Wildman–Crippen MR) is 320 cm³/mol. The number of benzene rings is 10. The maximum Gasteiger partial charge on any atom is 1.00 e. The Kier molecular flexibility index (Phi) is 28.3. The first-order valence-corrected chi connectivity index (χ1v) is 33.0. The summed E-state index contributed by atoms with van der Waals surface area (Å²) in [6.45, 7) is 0. The summed E-state index contributed by atoms with van der Waals surface area (Å²) in [5.74, 6) is -1.68. The van der Waals surface area contributed by atoms with E-state index in [1.165, 1.54) is 84.9 Å². The zero-order valence-electron chi connectivity index (χ0n) is 50.0. The molecule has 0 spiro atoms. The molecule has 0 atom stereocenters. The molecule has 95 heavy (non-hydrogen) atoms. The zero-order chi connectivity index (χ0) is 64.5. The maximum absolute atomic E-state index is 12.9. The van der Waals surface area contributed by atoms with Crippen molar-refractivity contribution in [3.05, 3.63) is 146 Å². The molecule has 0 aliphatic carbocycles. The topological polar surface area (TPSA) is 530 Å². The molecule has 0 radical (unpaired) electrons. The van der Waals surface area contributed by atoms with Gasteiger partial charge in [-0.2, -0.15) is 50.5 Å². The Labute approximate surface area is 671 Å². The van der Waals surface area contributed by atoms with Crippen molar-refractivity contribution in [2.45, 2.75) is 29.4 Å². The van der Waals surface area contributed by atoms with Gasteiger partial charge in [0.25, 0.3) is 60.7 Å². The normalized spacial score (nSPS) is 12.3. The van der Waals surface area contributed by atoms with Gasteiger partial charge in [-0.25, -0.2) is 0 Å². The van der Waals surface area contributed by atoms with Crippen LogP contribution in [0.25, 0.3) is 43.1 Å². The van der Waals surface area contributed by atoms with E-state index in [1.54, 1.807) is 0 Å². The van der Waals surface area contributed by atoms with Gasteiger partial charge in [0, 0.05) is 55.1 Å². The Balaban J connectivity index is 0.00000320. The summed E-state index contributed by atoms with van der Waals surface area (Å²) in [6, 6.07) is 27.7. The zero-order valence-corrected chi connectivity index (χ0v) is 66.9. The minimum absolute atomic E-state index is 0. The monoisotopic (exact) mass is 1460 g/mol. The van der Waals surface area contributed by atoms with Crippen molar-refractivity contribution in [1.29, 1.82) is 0 Å². The minimum Gasteiger partial charge on any atom is -0.505 e. The molecular weight excluding hydrogens is 1430 g/mol. The molecule has 0 amide bonds. The molecule has 43 heteroatoms. The third-order valence-corrected chi connectivity index (χ3v) is 18.2. The van der Waals surface area contributed by atoms with Crippen molar-refractivity contribution < 1.29 is 265 Å². The van der Waals surface area contributed by atoms with Crippen molar-refractivity contribution in [3.8, 4) is 11.5 Å². The van der Waals surface area contributed by atoms with Gasteiger partial charge in [0.05, 0.1) is 32.5 Å². The smallest absolute Gasteiger partial charge is 0.505 e.